The molecular weight excluding hydrogens is 665 g/mol. The average Bonchev–Trinajstić information content (AvgIpc) is 3.73. The molecule has 6 heteroatoms. The minimum atomic E-state index is 0.251. The lowest BCUT2D eigenvalue weighted by atomic mass is 9.94. The summed E-state index contributed by atoms with van der Waals surface area (Å²) in [6.45, 7) is 13.4. The maximum Gasteiger partial charge on any atom is 0.137 e. The molecule has 0 radical (unpaired) electrons. The van der Waals surface area contributed by atoms with Gasteiger partial charge in [-0.05, 0) is 78.1 Å². The Morgan fingerprint density at radius 3 is 2.19 bits per heavy atom. The number of methoxy groups -OCH3 is 1. The lowest BCUT2D eigenvalue weighted by Crippen LogP contribution is -2.04. The highest BCUT2D eigenvalue weighted by atomic mass is 16.5. The van der Waals surface area contributed by atoms with Gasteiger partial charge < -0.3 is 9.47 Å². The third-order valence-electron chi connectivity index (χ3n) is 10.5. The number of unbranched alkanes of at least 4 members (excludes halogenated alkanes) is 3. The quantitative estimate of drug-likeness (QED) is 0.0991. The molecule has 0 amide bonds. The van der Waals surface area contributed by atoms with Gasteiger partial charge in [-0.2, -0.15) is 5.10 Å². The molecule has 0 saturated carbocycles. The number of fused-ring (bicyclic) bond motifs is 3. The van der Waals surface area contributed by atoms with Gasteiger partial charge in [0.05, 0.1) is 35.2 Å². The van der Waals surface area contributed by atoms with Crippen molar-refractivity contribution in [2.45, 2.75) is 98.3 Å². The molecule has 0 unspecified atom stereocenters. The SMILES string of the molecule is CCCCCCc1c(-c2ccc(CCC)cc2)c(C(C)C)nn1-c1cc(OC)cc(Oc2ccc3c4ccccc4n(-c4cc(C(C)C)ccn4)c3c2)c1. The molecule has 0 fully saturated rings. The Morgan fingerprint density at radius 1 is 0.667 bits per heavy atom. The van der Waals surface area contributed by atoms with Gasteiger partial charge in [-0.1, -0.05) is 110 Å². The van der Waals surface area contributed by atoms with Gasteiger partial charge in [0, 0.05) is 46.8 Å². The van der Waals surface area contributed by atoms with Crippen molar-refractivity contribution >= 4 is 21.8 Å². The molecule has 0 atom stereocenters. The van der Waals surface area contributed by atoms with E-state index < -0.39 is 0 Å². The maximum atomic E-state index is 6.74. The zero-order valence-electron chi connectivity index (χ0n) is 33.0. The molecule has 0 aliphatic carbocycles. The van der Waals surface area contributed by atoms with Crippen LogP contribution in [0.15, 0.2) is 103 Å². The van der Waals surface area contributed by atoms with Gasteiger partial charge in [0.15, 0.2) is 0 Å². The van der Waals surface area contributed by atoms with Gasteiger partial charge in [-0.3, -0.25) is 4.57 Å². The van der Waals surface area contributed by atoms with E-state index in [0.717, 1.165) is 70.8 Å². The summed E-state index contributed by atoms with van der Waals surface area (Å²) in [4.78, 5) is 4.84. The smallest absolute Gasteiger partial charge is 0.137 e. The van der Waals surface area contributed by atoms with Crippen LogP contribution in [-0.4, -0.2) is 26.4 Å². The minimum Gasteiger partial charge on any atom is -0.497 e. The van der Waals surface area contributed by atoms with E-state index in [0.29, 0.717) is 11.7 Å². The van der Waals surface area contributed by atoms with Crippen molar-refractivity contribution in [1.82, 2.24) is 19.3 Å². The van der Waals surface area contributed by atoms with Crippen LogP contribution in [0, 0.1) is 0 Å². The molecule has 7 aromatic rings. The molecule has 0 N–H and O–H groups in total. The lowest BCUT2D eigenvalue weighted by molar-refractivity contribution is 0.408. The van der Waals surface area contributed by atoms with E-state index in [9.17, 15) is 0 Å². The molecule has 4 aromatic carbocycles. The molecule has 278 valence electrons. The van der Waals surface area contributed by atoms with E-state index in [2.05, 4.69) is 142 Å². The largest absolute Gasteiger partial charge is 0.497 e. The van der Waals surface area contributed by atoms with Gasteiger partial charge >= 0.3 is 0 Å². The zero-order chi connectivity index (χ0) is 37.8. The summed E-state index contributed by atoms with van der Waals surface area (Å²) in [7, 11) is 1.71. The topological polar surface area (TPSA) is 54.1 Å². The van der Waals surface area contributed by atoms with Crippen LogP contribution >= 0.6 is 0 Å². The summed E-state index contributed by atoms with van der Waals surface area (Å²) in [5.74, 6) is 3.69. The normalized spacial score (nSPS) is 11.7. The van der Waals surface area contributed by atoms with Gasteiger partial charge in [-0.15, -0.1) is 0 Å². The number of ether oxygens (including phenoxy) is 2. The minimum absolute atomic E-state index is 0.251. The molecule has 0 saturated heterocycles. The highest BCUT2D eigenvalue weighted by Crippen LogP contribution is 2.39. The van der Waals surface area contributed by atoms with Crippen LogP contribution in [0.5, 0.6) is 17.2 Å². The van der Waals surface area contributed by atoms with Crippen molar-refractivity contribution in [2.75, 3.05) is 7.11 Å². The second-order valence-electron chi connectivity index (χ2n) is 15.1. The molecule has 6 nitrogen and oxygen atoms in total. The summed E-state index contributed by atoms with van der Waals surface area (Å²) < 4.78 is 17.0. The van der Waals surface area contributed by atoms with E-state index in [1.54, 1.807) is 7.11 Å². The first-order valence-electron chi connectivity index (χ1n) is 19.9. The first kappa shape index (κ1) is 37.0. The second-order valence-corrected chi connectivity index (χ2v) is 15.1. The predicted molar refractivity (Wildman–Crippen MR) is 224 cm³/mol. The highest BCUT2D eigenvalue weighted by Gasteiger charge is 2.23. The van der Waals surface area contributed by atoms with Crippen molar-refractivity contribution < 1.29 is 9.47 Å². The summed E-state index contributed by atoms with van der Waals surface area (Å²) in [6.07, 6.45) is 9.80. The van der Waals surface area contributed by atoms with E-state index in [4.69, 9.17) is 19.6 Å². The fourth-order valence-corrected chi connectivity index (χ4v) is 7.65. The zero-order valence-corrected chi connectivity index (χ0v) is 33.0. The van der Waals surface area contributed by atoms with Gasteiger partial charge in [0.25, 0.3) is 0 Å². The van der Waals surface area contributed by atoms with Crippen LogP contribution < -0.4 is 9.47 Å². The van der Waals surface area contributed by atoms with Gasteiger partial charge in [0.2, 0.25) is 0 Å². The Balaban J connectivity index is 1.33. The number of hydrogen-bond donors (Lipinski definition) is 0. The Bertz CT molecular complexity index is 2360. The monoisotopic (exact) mass is 718 g/mol. The van der Waals surface area contributed by atoms with Crippen molar-refractivity contribution in [3.05, 3.63) is 126 Å². The number of aryl methyl sites for hydroxylation is 1. The number of aromatic nitrogens is 4. The standard InChI is InChI=1S/C48H54N4O2/c1-8-10-11-12-18-44-47(35-21-19-34(15-9-2)20-22-35)48(33(5)6)50-52(44)37-28-39(53-7)30-40(29-37)54-38-23-24-42-41-16-13-14-17-43(41)51(45(42)31-38)46-27-36(32(3)4)25-26-49-46/h13-14,16-17,19-33H,8-12,15,18H2,1-7H3. The molecule has 54 heavy (non-hydrogen) atoms. The van der Waals surface area contributed by atoms with Crippen LogP contribution in [0.1, 0.15) is 108 Å². The molecule has 7 rings (SSSR count). The fraction of sp³-hybridized carbons (Fsp3) is 0.333. The summed E-state index contributed by atoms with van der Waals surface area (Å²) >= 11 is 0. The Labute approximate surface area is 320 Å². The predicted octanol–water partition coefficient (Wildman–Crippen LogP) is 13.2. The third-order valence-corrected chi connectivity index (χ3v) is 10.5. The number of para-hydroxylation sites is 1. The van der Waals surface area contributed by atoms with E-state index in [1.165, 1.54) is 52.6 Å². The molecule has 0 spiro atoms. The Hall–Kier alpha value is -5.36. The molecule has 3 heterocycles. The van der Waals surface area contributed by atoms with Crippen LogP contribution in [-0.2, 0) is 12.8 Å². The molecule has 0 aliphatic heterocycles. The van der Waals surface area contributed by atoms with E-state index in [1.807, 2.05) is 12.3 Å². The summed E-state index contributed by atoms with van der Waals surface area (Å²) in [5, 5.41) is 7.70. The molecule has 0 aliphatic rings. The lowest BCUT2D eigenvalue weighted by Gasteiger charge is -2.14. The number of nitrogens with zero attached hydrogens (tertiary/aromatic N) is 4. The highest BCUT2D eigenvalue weighted by molar-refractivity contribution is 6.09. The first-order chi connectivity index (χ1) is 26.3. The Kier molecular flexibility index (Phi) is 11.2. The number of benzene rings is 4. The van der Waals surface area contributed by atoms with Crippen LogP contribution in [0.4, 0.5) is 0 Å². The molecule has 0 bridgehead atoms. The average molecular weight is 719 g/mol. The van der Waals surface area contributed by atoms with Crippen molar-refractivity contribution in [1.29, 1.82) is 0 Å². The van der Waals surface area contributed by atoms with Crippen LogP contribution in [0.3, 0.4) is 0 Å². The number of hydrogen-bond acceptors (Lipinski definition) is 4. The van der Waals surface area contributed by atoms with E-state index in [-0.39, 0.29) is 5.92 Å². The summed E-state index contributed by atoms with van der Waals surface area (Å²) in [5.41, 5.74) is 10.5. The van der Waals surface area contributed by atoms with Crippen molar-refractivity contribution in [3.8, 4) is 39.9 Å². The van der Waals surface area contributed by atoms with Crippen LogP contribution in [0.25, 0.3) is 44.4 Å². The van der Waals surface area contributed by atoms with Gasteiger partial charge in [0.1, 0.15) is 23.1 Å². The molecular formula is C48H54N4O2. The van der Waals surface area contributed by atoms with Gasteiger partial charge in [-0.25, -0.2) is 9.67 Å². The first-order valence-corrected chi connectivity index (χ1v) is 19.9. The third kappa shape index (κ3) is 7.52. The number of pyridine rings is 1. The fourth-order valence-electron chi connectivity index (χ4n) is 7.65. The summed E-state index contributed by atoms with van der Waals surface area (Å²) in [6, 6.07) is 34.4. The van der Waals surface area contributed by atoms with Crippen molar-refractivity contribution in [3.63, 3.8) is 0 Å². The number of rotatable bonds is 15. The second kappa shape index (κ2) is 16.3. The molecule has 3 aromatic heterocycles. The van der Waals surface area contributed by atoms with Crippen molar-refractivity contribution in [2.24, 2.45) is 0 Å². The maximum absolute atomic E-state index is 6.74. The van der Waals surface area contributed by atoms with E-state index >= 15 is 0 Å². The Morgan fingerprint density at radius 2 is 1.44 bits per heavy atom. The van der Waals surface area contributed by atoms with Crippen LogP contribution in [0.2, 0.25) is 0 Å².